The molecule has 0 fully saturated rings. The van der Waals surface area contributed by atoms with Gasteiger partial charge in [0.05, 0.1) is 5.03 Å². The lowest BCUT2D eigenvalue weighted by Gasteiger charge is -1.98. The van der Waals surface area contributed by atoms with E-state index in [1.54, 1.807) is 12.1 Å². The predicted octanol–water partition coefficient (Wildman–Crippen LogP) is 2.77. The van der Waals surface area contributed by atoms with Gasteiger partial charge in [-0.25, -0.2) is 0 Å². The average molecular weight is 203 g/mol. The van der Waals surface area contributed by atoms with Crippen LogP contribution in [-0.4, -0.2) is 0 Å². The van der Waals surface area contributed by atoms with Crippen molar-refractivity contribution in [2.45, 2.75) is 6.42 Å². The number of benzene rings is 1. The molecule has 0 bridgehead atoms. The lowest BCUT2D eigenvalue weighted by atomic mass is 10.1. The van der Waals surface area contributed by atoms with E-state index in [1.807, 2.05) is 30.3 Å². The van der Waals surface area contributed by atoms with Gasteiger partial charge in [-0.2, -0.15) is 10.5 Å². The molecule has 68 valence electrons. The average Bonchev–Trinajstić information content (AvgIpc) is 2.21. The zero-order valence-corrected chi connectivity index (χ0v) is 8.12. The van der Waals surface area contributed by atoms with Crippen molar-refractivity contribution in [2.75, 3.05) is 0 Å². The fourth-order valence-corrected chi connectivity index (χ4v) is 1.25. The highest BCUT2D eigenvalue weighted by molar-refractivity contribution is 6.30. The zero-order valence-electron chi connectivity index (χ0n) is 7.37. The van der Waals surface area contributed by atoms with Gasteiger partial charge in [-0.05, 0) is 5.56 Å². The number of nitrogens with zero attached hydrogens (tertiary/aromatic N) is 2. The zero-order chi connectivity index (χ0) is 10.4. The van der Waals surface area contributed by atoms with Gasteiger partial charge >= 0.3 is 0 Å². The molecule has 0 saturated heterocycles. The molecule has 0 aliphatic carbocycles. The van der Waals surface area contributed by atoms with Crippen molar-refractivity contribution >= 4 is 11.6 Å². The lowest BCUT2D eigenvalue weighted by molar-refractivity contribution is 1.23. The maximum absolute atomic E-state index is 8.56. The quantitative estimate of drug-likeness (QED) is 0.693. The summed E-state index contributed by atoms with van der Waals surface area (Å²) in [5, 5.41) is 17.4. The van der Waals surface area contributed by atoms with Gasteiger partial charge in [0.2, 0.25) is 0 Å². The van der Waals surface area contributed by atoms with Crippen LogP contribution in [0.3, 0.4) is 0 Å². The number of allylic oxidation sites excluding steroid dienone is 2. The highest BCUT2D eigenvalue weighted by Crippen LogP contribution is 2.15. The van der Waals surface area contributed by atoms with Crippen molar-refractivity contribution in [3.63, 3.8) is 0 Å². The fraction of sp³-hybridized carbons (Fsp3) is 0.0909. The number of rotatable bonds is 2. The largest absolute Gasteiger partial charge is 0.192 e. The fourth-order valence-electron chi connectivity index (χ4n) is 1.01. The van der Waals surface area contributed by atoms with E-state index in [-0.39, 0.29) is 5.57 Å². The third-order valence-corrected chi connectivity index (χ3v) is 2.02. The molecule has 0 atom stereocenters. The second-order valence-electron chi connectivity index (χ2n) is 2.67. The van der Waals surface area contributed by atoms with Gasteiger partial charge in [0.25, 0.3) is 0 Å². The first-order valence-corrected chi connectivity index (χ1v) is 4.38. The van der Waals surface area contributed by atoms with E-state index in [0.717, 1.165) is 5.56 Å². The maximum Gasteiger partial charge on any atom is 0.144 e. The first-order valence-electron chi connectivity index (χ1n) is 4.00. The number of nitriles is 2. The van der Waals surface area contributed by atoms with Crippen LogP contribution in [0.4, 0.5) is 0 Å². The van der Waals surface area contributed by atoms with Crippen LogP contribution in [0.5, 0.6) is 0 Å². The van der Waals surface area contributed by atoms with Crippen molar-refractivity contribution in [3.8, 4) is 12.1 Å². The summed E-state index contributed by atoms with van der Waals surface area (Å²) in [4.78, 5) is 0. The Morgan fingerprint density at radius 1 is 1.14 bits per heavy atom. The summed E-state index contributed by atoms with van der Waals surface area (Å²) in [5.74, 6) is 0. The summed E-state index contributed by atoms with van der Waals surface area (Å²) >= 11 is 5.82. The van der Waals surface area contributed by atoms with Crippen LogP contribution in [0.1, 0.15) is 5.56 Å². The van der Waals surface area contributed by atoms with Gasteiger partial charge in [-0.15, -0.1) is 0 Å². The van der Waals surface area contributed by atoms with Crippen LogP contribution < -0.4 is 0 Å². The molecular formula is C11H7ClN2. The molecule has 0 amide bonds. The van der Waals surface area contributed by atoms with Gasteiger partial charge in [-0.1, -0.05) is 41.9 Å². The van der Waals surface area contributed by atoms with Crippen molar-refractivity contribution in [1.82, 2.24) is 0 Å². The van der Waals surface area contributed by atoms with Crippen molar-refractivity contribution < 1.29 is 0 Å². The van der Waals surface area contributed by atoms with Gasteiger partial charge in [0, 0.05) is 6.42 Å². The molecule has 0 aliphatic rings. The first-order chi connectivity index (χ1) is 6.77. The summed E-state index contributed by atoms with van der Waals surface area (Å²) in [5.41, 5.74) is 0.969. The van der Waals surface area contributed by atoms with E-state index in [4.69, 9.17) is 22.1 Å². The van der Waals surface area contributed by atoms with Crippen molar-refractivity contribution in [2.24, 2.45) is 0 Å². The van der Waals surface area contributed by atoms with Crippen LogP contribution >= 0.6 is 11.6 Å². The minimum atomic E-state index is -0.0180. The molecule has 1 aromatic rings. The number of halogens is 1. The first kappa shape index (κ1) is 10.3. The monoisotopic (exact) mass is 202 g/mol. The molecule has 14 heavy (non-hydrogen) atoms. The lowest BCUT2D eigenvalue weighted by Crippen LogP contribution is -1.87. The molecule has 0 saturated carbocycles. The van der Waals surface area contributed by atoms with Crippen LogP contribution in [0.15, 0.2) is 40.9 Å². The minimum absolute atomic E-state index is 0.0180. The Labute approximate surface area is 87.7 Å². The Hall–Kier alpha value is -1.77. The molecule has 0 N–H and O–H groups in total. The summed E-state index contributed by atoms with van der Waals surface area (Å²) in [6, 6.07) is 13.0. The summed E-state index contributed by atoms with van der Waals surface area (Å²) in [6.07, 6.45) is 0.429. The SMILES string of the molecule is N#CC(C#N)=C(Cl)Cc1ccccc1. The molecular weight excluding hydrogens is 196 g/mol. The summed E-state index contributed by atoms with van der Waals surface area (Å²) in [7, 11) is 0. The minimum Gasteiger partial charge on any atom is -0.192 e. The van der Waals surface area contributed by atoms with E-state index < -0.39 is 0 Å². The number of hydrogen-bond acceptors (Lipinski definition) is 2. The molecule has 1 aromatic carbocycles. The summed E-state index contributed by atoms with van der Waals surface area (Å²) in [6.45, 7) is 0. The third kappa shape index (κ3) is 2.62. The molecule has 1 rings (SSSR count). The van der Waals surface area contributed by atoms with Crippen molar-refractivity contribution in [1.29, 1.82) is 10.5 Å². The van der Waals surface area contributed by atoms with Crippen LogP contribution in [0.25, 0.3) is 0 Å². The Balaban J connectivity index is 2.87. The van der Waals surface area contributed by atoms with E-state index in [9.17, 15) is 0 Å². The predicted molar refractivity (Wildman–Crippen MR) is 54.3 cm³/mol. The smallest absolute Gasteiger partial charge is 0.144 e. The van der Waals surface area contributed by atoms with Gasteiger partial charge < -0.3 is 0 Å². The Morgan fingerprint density at radius 3 is 2.21 bits per heavy atom. The van der Waals surface area contributed by atoms with E-state index >= 15 is 0 Å². The third-order valence-electron chi connectivity index (χ3n) is 1.70. The molecule has 0 aromatic heterocycles. The normalized spacial score (nSPS) is 8.50. The van der Waals surface area contributed by atoms with Gasteiger partial charge in [0.1, 0.15) is 17.7 Å². The van der Waals surface area contributed by atoms with Gasteiger partial charge in [-0.3, -0.25) is 0 Å². The Bertz CT molecular complexity index is 405. The second-order valence-corrected chi connectivity index (χ2v) is 3.12. The van der Waals surface area contributed by atoms with E-state index in [2.05, 4.69) is 0 Å². The Kier molecular flexibility index (Phi) is 3.73. The molecule has 0 spiro atoms. The maximum atomic E-state index is 8.56. The second kappa shape index (κ2) is 5.07. The van der Waals surface area contributed by atoms with E-state index in [0.29, 0.717) is 11.5 Å². The highest BCUT2D eigenvalue weighted by atomic mass is 35.5. The molecule has 3 heteroatoms. The van der Waals surface area contributed by atoms with Crippen molar-refractivity contribution in [3.05, 3.63) is 46.5 Å². The molecule has 2 nitrogen and oxygen atoms in total. The highest BCUT2D eigenvalue weighted by Gasteiger charge is 2.03. The van der Waals surface area contributed by atoms with Crippen LogP contribution in [0.2, 0.25) is 0 Å². The van der Waals surface area contributed by atoms with Crippen LogP contribution in [0, 0.1) is 22.7 Å². The number of hydrogen-bond donors (Lipinski definition) is 0. The molecule has 0 radical (unpaired) electrons. The standard InChI is InChI=1S/C11H7ClN2/c12-11(10(7-13)8-14)6-9-4-2-1-3-5-9/h1-5H,6H2. The topological polar surface area (TPSA) is 47.6 Å². The van der Waals surface area contributed by atoms with E-state index in [1.165, 1.54) is 0 Å². The Morgan fingerprint density at radius 2 is 1.71 bits per heavy atom. The molecule has 0 unspecified atom stereocenters. The molecule has 0 aliphatic heterocycles. The van der Waals surface area contributed by atoms with Crippen LogP contribution in [-0.2, 0) is 6.42 Å². The summed E-state index contributed by atoms with van der Waals surface area (Å²) < 4.78 is 0. The van der Waals surface area contributed by atoms with Gasteiger partial charge in [0.15, 0.2) is 0 Å². The molecule has 0 heterocycles.